The molecule has 2 atom stereocenters. The normalized spacial score (nSPS) is 17.4. The van der Waals surface area contributed by atoms with Crippen LogP contribution in [0.5, 0.6) is 0 Å². The zero-order valence-electron chi connectivity index (χ0n) is 15.5. The van der Waals surface area contributed by atoms with Crippen molar-refractivity contribution in [3.63, 3.8) is 0 Å². The summed E-state index contributed by atoms with van der Waals surface area (Å²) in [5.74, 6) is 0.590. The molecule has 4 rings (SSSR count). The number of carbonyl (C=O) groups excluding carboxylic acids is 1. The monoisotopic (exact) mass is 451 g/mol. The van der Waals surface area contributed by atoms with Gasteiger partial charge in [-0.15, -0.1) is 11.3 Å². The van der Waals surface area contributed by atoms with Crippen molar-refractivity contribution in [2.24, 2.45) is 5.92 Å². The van der Waals surface area contributed by atoms with Crippen LogP contribution in [0.3, 0.4) is 0 Å². The summed E-state index contributed by atoms with van der Waals surface area (Å²) >= 11 is 15.3. The summed E-state index contributed by atoms with van der Waals surface area (Å²) in [7, 11) is 0. The largest absolute Gasteiger partial charge is 0.325 e. The lowest BCUT2D eigenvalue weighted by atomic mass is 9.89. The molecule has 8 heteroatoms. The lowest BCUT2D eigenvalue weighted by Crippen LogP contribution is -2.22. The number of nitrogens with one attached hydrogen (secondary N) is 1. The maximum atomic E-state index is 12.7. The van der Waals surface area contributed by atoms with Gasteiger partial charge in [0.25, 0.3) is 0 Å². The van der Waals surface area contributed by atoms with Gasteiger partial charge in [-0.05, 0) is 55.9 Å². The van der Waals surface area contributed by atoms with E-state index in [0.717, 1.165) is 28.1 Å². The minimum atomic E-state index is -0.325. The van der Waals surface area contributed by atoms with Crippen LogP contribution in [0, 0.1) is 5.92 Å². The number of aromatic nitrogens is 2. The zero-order valence-corrected chi connectivity index (χ0v) is 18.6. The molecule has 0 bridgehead atoms. The Bertz CT molecular complexity index is 1030. The van der Waals surface area contributed by atoms with Crippen molar-refractivity contribution < 1.29 is 4.79 Å². The van der Waals surface area contributed by atoms with Gasteiger partial charge in [0, 0.05) is 26.0 Å². The van der Waals surface area contributed by atoms with Crippen LogP contribution in [0.4, 0.5) is 5.69 Å². The van der Waals surface area contributed by atoms with E-state index < -0.39 is 0 Å². The minimum absolute atomic E-state index is 0.118. The van der Waals surface area contributed by atoms with Crippen LogP contribution in [0.15, 0.2) is 29.6 Å². The summed E-state index contributed by atoms with van der Waals surface area (Å²) in [6.07, 6.45) is 4.94. The number of benzene rings is 1. The summed E-state index contributed by atoms with van der Waals surface area (Å²) in [5, 5.41) is 5.54. The molecule has 28 heavy (non-hydrogen) atoms. The third-order valence-electron chi connectivity index (χ3n) is 4.84. The van der Waals surface area contributed by atoms with Crippen molar-refractivity contribution in [2.45, 2.75) is 43.4 Å². The molecule has 146 valence electrons. The average molecular weight is 452 g/mol. The first-order chi connectivity index (χ1) is 13.4. The minimum Gasteiger partial charge on any atom is -0.325 e. The Hall–Kier alpha value is -1.34. The molecular formula is C20H19Cl2N3OS2. The Kier molecular flexibility index (Phi) is 5.83. The number of rotatable bonds is 4. The van der Waals surface area contributed by atoms with Crippen LogP contribution in [-0.4, -0.2) is 21.1 Å². The predicted molar refractivity (Wildman–Crippen MR) is 119 cm³/mol. The Balaban J connectivity index is 1.56. The van der Waals surface area contributed by atoms with Gasteiger partial charge in [0.1, 0.15) is 16.2 Å². The zero-order chi connectivity index (χ0) is 19.8. The molecule has 0 spiro atoms. The van der Waals surface area contributed by atoms with E-state index in [-0.39, 0.29) is 11.2 Å². The molecule has 0 radical (unpaired) electrons. The lowest BCUT2D eigenvalue weighted by molar-refractivity contribution is -0.115. The molecule has 1 aliphatic carbocycles. The highest BCUT2D eigenvalue weighted by Crippen LogP contribution is 2.41. The fraction of sp³-hybridized carbons (Fsp3) is 0.350. The molecule has 2 heterocycles. The number of hydrogen-bond acceptors (Lipinski definition) is 5. The molecule has 2 aromatic heterocycles. The van der Waals surface area contributed by atoms with E-state index in [2.05, 4.69) is 22.2 Å². The Morgan fingerprint density at radius 2 is 2.04 bits per heavy atom. The molecule has 0 saturated heterocycles. The molecule has 0 saturated carbocycles. The third kappa shape index (κ3) is 4.15. The van der Waals surface area contributed by atoms with Gasteiger partial charge in [0.15, 0.2) is 0 Å². The van der Waals surface area contributed by atoms with Crippen molar-refractivity contribution >= 4 is 68.1 Å². The summed E-state index contributed by atoms with van der Waals surface area (Å²) in [4.78, 5) is 24.1. The lowest BCUT2D eigenvalue weighted by Gasteiger charge is -2.18. The van der Waals surface area contributed by atoms with E-state index in [1.807, 2.05) is 6.92 Å². The molecule has 0 fully saturated rings. The van der Waals surface area contributed by atoms with Gasteiger partial charge in [-0.25, -0.2) is 9.97 Å². The summed E-state index contributed by atoms with van der Waals surface area (Å²) in [6, 6.07) is 5.00. The van der Waals surface area contributed by atoms with Gasteiger partial charge in [0.05, 0.1) is 5.25 Å². The topological polar surface area (TPSA) is 54.9 Å². The van der Waals surface area contributed by atoms with E-state index in [4.69, 9.17) is 23.2 Å². The van der Waals surface area contributed by atoms with Crippen molar-refractivity contribution in [3.8, 4) is 0 Å². The molecule has 0 aliphatic heterocycles. The number of anilines is 1. The van der Waals surface area contributed by atoms with Crippen molar-refractivity contribution in [1.29, 1.82) is 0 Å². The van der Waals surface area contributed by atoms with Crippen LogP contribution >= 0.6 is 46.3 Å². The Labute approximate surface area is 182 Å². The van der Waals surface area contributed by atoms with E-state index in [1.54, 1.807) is 35.9 Å². The number of halogens is 2. The van der Waals surface area contributed by atoms with Gasteiger partial charge >= 0.3 is 0 Å². The first kappa shape index (κ1) is 20.0. The second-order valence-corrected chi connectivity index (χ2v) is 10.4. The SMILES string of the molecule is CC1CCc2c(sc3ncnc(SC(C)C(=O)Nc4cc(Cl)cc(Cl)c4)c23)C1. The van der Waals surface area contributed by atoms with Gasteiger partial charge in [-0.1, -0.05) is 41.9 Å². The van der Waals surface area contributed by atoms with Crippen molar-refractivity contribution in [1.82, 2.24) is 9.97 Å². The highest BCUT2D eigenvalue weighted by atomic mass is 35.5. The molecule has 1 aliphatic rings. The van der Waals surface area contributed by atoms with Crippen LogP contribution in [0.2, 0.25) is 10.0 Å². The highest BCUT2D eigenvalue weighted by molar-refractivity contribution is 8.00. The molecular weight excluding hydrogens is 433 g/mol. The van der Waals surface area contributed by atoms with Crippen LogP contribution in [0.1, 0.15) is 30.7 Å². The molecule has 1 N–H and O–H groups in total. The molecule has 3 aromatic rings. The van der Waals surface area contributed by atoms with E-state index in [9.17, 15) is 4.79 Å². The maximum absolute atomic E-state index is 12.7. The smallest absolute Gasteiger partial charge is 0.237 e. The number of thiophene rings is 1. The van der Waals surface area contributed by atoms with Gasteiger partial charge in [-0.3, -0.25) is 4.79 Å². The summed E-state index contributed by atoms with van der Waals surface area (Å²) in [6.45, 7) is 4.17. The van der Waals surface area contributed by atoms with E-state index in [0.29, 0.717) is 21.7 Å². The molecule has 1 amide bonds. The number of carbonyl (C=O) groups is 1. The van der Waals surface area contributed by atoms with Gasteiger partial charge < -0.3 is 5.32 Å². The van der Waals surface area contributed by atoms with Crippen LogP contribution in [0.25, 0.3) is 10.2 Å². The number of hydrogen-bond donors (Lipinski definition) is 1. The van der Waals surface area contributed by atoms with E-state index in [1.165, 1.54) is 28.6 Å². The van der Waals surface area contributed by atoms with Crippen LogP contribution in [-0.2, 0) is 17.6 Å². The fourth-order valence-corrected chi connectivity index (χ4v) is 6.31. The second kappa shape index (κ2) is 8.19. The Morgan fingerprint density at radius 3 is 2.79 bits per heavy atom. The molecule has 4 nitrogen and oxygen atoms in total. The fourth-order valence-electron chi connectivity index (χ4n) is 3.43. The number of aryl methyl sites for hydroxylation is 1. The van der Waals surface area contributed by atoms with Crippen LogP contribution < -0.4 is 5.32 Å². The van der Waals surface area contributed by atoms with Gasteiger partial charge in [-0.2, -0.15) is 0 Å². The first-order valence-electron chi connectivity index (χ1n) is 9.09. The number of thioether (sulfide) groups is 1. The highest BCUT2D eigenvalue weighted by Gasteiger charge is 2.25. The maximum Gasteiger partial charge on any atom is 0.237 e. The number of amides is 1. The third-order valence-corrected chi connectivity index (χ3v) is 7.54. The predicted octanol–water partition coefficient (Wildman–Crippen LogP) is 6.24. The second-order valence-electron chi connectivity index (χ2n) is 7.12. The molecule has 2 unspecified atom stereocenters. The standard InChI is InChI=1S/C20H19Cl2N3OS2/c1-10-3-4-15-16(5-10)28-20-17(15)19(23-9-24-20)27-11(2)18(26)25-14-7-12(21)6-13(22)8-14/h6-11H,3-5H2,1-2H3,(H,25,26). The summed E-state index contributed by atoms with van der Waals surface area (Å²) in [5.41, 5.74) is 1.96. The quantitative estimate of drug-likeness (QED) is 0.376. The van der Waals surface area contributed by atoms with Gasteiger partial charge in [0.2, 0.25) is 5.91 Å². The van der Waals surface area contributed by atoms with Crippen molar-refractivity contribution in [3.05, 3.63) is 45.0 Å². The number of fused-ring (bicyclic) bond motifs is 3. The summed E-state index contributed by atoms with van der Waals surface area (Å²) < 4.78 is 0. The number of nitrogens with zero attached hydrogens (tertiary/aromatic N) is 2. The Morgan fingerprint density at radius 1 is 1.29 bits per heavy atom. The van der Waals surface area contributed by atoms with Crippen molar-refractivity contribution in [2.75, 3.05) is 5.32 Å². The average Bonchev–Trinajstić information content (AvgIpc) is 2.99. The van der Waals surface area contributed by atoms with E-state index >= 15 is 0 Å². The molecule has 1 aromatic carbocycles. The first-order valence-corrected chi connectivity index (χ1v) is 11.5.